The van der Waals surface area contributed by atoms with Gasteiger partial charge in [0.1, 0.15) is 11.5 Å². The molecule has 1 aromatic heterocycles. The monoisotopic (exact) mass is 326 g/mol. The standard InChI is InChI=1S/C19H19FN2O2/c20-16-9-7-15(8-10-16)14-17(22-13-5-2-6-18(22)23)19(24)21-11-3-1-4-12-21/h2,5-10,13-14H,1,3-4,11-12H2. The predicted molar refractivity (Wildman–Crippen MR) is 91.7 cm³/mol. The van der Waals surface area contributed by atoms with Crippen LogP contribution in [0.1, 0.15) is 24.8 Å². The van der Waals surface area contributed by atoms with Crippen LogP contribution < -0.4 is 5.56 Å². The number of likely N-dealkylation sites (tertiary alicyclic amines) is 1. The van der Waals surface area contributed by atoms with Crippen LogP contribution >= 0.6 is 0 Å². The average Bonchev–Trinajstić information content (AvgIpc) is 2.62. The van der Waals surface area contributed by atoms with Gasteiger partial charge in [0.15, 0.2) is 0 Å². The first-order valence-electron chi connectivity index (χ1n) is 8.10. The van der Waals surface area contributed by atoms with Crippen molar-refractivity contribution in [3.8, 4) is 0 Å². The van der Waals surface area contributed by atoms with E-state index in [4.69, 9.17) is 0 Å². The summed E-state index contributed by atoms with van der Waals surface area (Å²) in [5.74, 6) is -0.514. The van der Waals surface area contributed by atoms with Crippen molar-refractivity contribution in [1.29, 1.82) is 0 Å². The van der Waals surface area contributed by atoms with Crippen LogP contribution in [0.25, 0.3) is 11.8 Å². The molecule has 2 aromatic rings. The molecule has 1 aliphatic rings. The highest BCUT2D eigenvalue weighted by Crippen LogP contribution is 2.17. The molecule has 0 atom stereocenters. The Labute approximate surface area is 139 Å². The van der Waals surface area contributed by atoms with Crippen LogP contribution in [0.5, 0.6) is 0 Å². The van der Waals surface area contributed by atoms with Crippen LogP contribution in [0.4, 0.5) is 4.39 Å². The van der Waals surface area contributed by atoms with E-state index in [0.717, 1.165) is 19.3 Å². The molecule has 5 heteroatoms. The van der Waals surface area contributed by atoms with Gasteiger partial charge in [-0.3, -0.25) is 14.2 Å². The van der Waals surface area contributed by atoms with E-state index in [-0.39, 0.29) is 23.0 Å². The summed E-state index contributed by atoms with van der Waals surface area (Å²) in [7, 11) is 0. The highest BCUT2D eigenvalue weighted by Gasteiger charge is 2.22. The zero-order valence-electron chi connectivity index (χ0n) is 13.3. The molecule has 3 rings (SSSR count). The smallest absolute Gasteiger partial charge is 0.270 e. The molecule has 124 valence electrons. The summed E-state index contributed by atoms with van der Waals surface area (Å²) in [6.45, 7) is 1.39. The third kappa shape index (κ3) is 3.62. The fourth-order valence-electron chi connectivity index (χ4n) is 2.84. The number of carbonyl (C=O) groups excluding carboxylic acids is 1. The van der Waals surface area contributed by atoms with Gasteiger partial charge in [-0.15, -0.1) is 0 Å². The molecule has 2 heterocycles. The number of benzene rings is 1. The number of hydrogen-bond donors (Lipinski definition) is 0. The van der Waals surface area contributed by atoms with Crippen molar-refractivity contribution in [1.82, 2.24) is 9.47 Å². The molecule has 0 spiro atoms. The van der Waals surface area contributed by atoms with Gasteiger partial charge in [0, 0.05) is 25.4 Å². The van der Waals surface area contributed by atoms with Gasteiger partial charge in [-0.05, 0) is 49.1 Å². The zero-order valence-corrected chi connectivity index (χ0v) is 13.3. The molecular formula is C19H19FN2O2. The lowest BCUT2D eigenvalue weighted by Crippen LogP contribution is -2.38. The normalized spacial score (nSPS) is 15.4. The van der Waals surface area contributed by atoms with Crippen molar-refractivity contribution in [2.24, 2.45) is 0 Å². The van der Waals surface area contributed by atoms with Gasteiger partial charge < -0.3 is 4.90 Å². The number of pyridine rings is 1. The molecule has 1 saturated heterocycles. The Morgan fingerprint density at radius 3 is 2.38 bits per heavy atom. The lowest BCUT2D eigenvalue weighted by Gasteiger charge is -2.28. The maximum absolute atomic E-state index is 13.1. The summed E-state index contributed by atoms with van der Waals surface area (Å²) >= 11 is 0. The quantitative estimate of drug-likeness (QED) is 0.814. The van der Waals surface area contributed by atoms with Gasteiger partial charge >= 0.3 is 0 Å². The van der Waals surface area contributed by atoms with Crippen molar-refractivity contribution in [3.05, 3.63) is 70.4 Å². The molecule has 0 unspecified atom stereocenters. The summed E-state index contributed by atoms with van der Waals surface area (Å²) in [5, 5.41) is 0. The van der Waals surface area contributed by atoms with E-state index in [1.165, 1.54) is 22.8 Å². The third-order valence-electron chi connectivity index (χ3n) is 4.12. The van der Waals surface area contributed by atoms with Crippen molar-refractivity contribution in [3.63, 3.8) is 0 Å². The van der Waals surface area contributed by atoms with E-state index in [0.29, 0.717) is 18.7 Å². The summed E-state index contributed by atoms with van der Waals surface area (Å²) in [5.41, 5.74) is 0.692. The highest BCUT2D eigenvalue weighted by molar-refractivity contribution is 6.18. The fraction of sp³-hybridized carbons (Fsp3) is 0.263. The molecule has 24 heavy (non-hydrogen) atoms. The first-order valence-corrected chi connectivity index (χ1v) is 8.10. The molecule has 1 aromatic carbocycles. The van der Waals surface area contributed by atoms with Crippen molar-refractivity contribution >= 4 is 17.7 Å². The molecule has 4 nitrogen and oxygen atoms in total. The summed E-state index contributed by atoms with van der Waals surface area (Å²) in [4.78, 5) is 26.9. The molecule has 1 aliphatic heterocycles. The maximum Gasteiger partial charge on any atom is 0.270 e. The van der Waals surface area contributed by atoms with Crippen LogP contribution in [0.15, 0.2) is 53.5 Å². The Bertz CT molecular complexity index is 803. The topological polar surface area (TPSA) is 42.3 Å². The molecule has 0 radical (unpaired) electrons. The van der Waals surface area contributed by atoms with Gasteiger partial charge in [-0.1, -0.05) is 18.2 Å². The van der Waals surface area contributed by atoms with Gasteiger partial charge in [-0.25, -0.2) is 4.39 Å². The van der Waals surface area contributed by atoms with Crippen molar-refractivity contribution < 1.29 is 9.18 Å². The Hall–Kier alpha value is -2.69. The molecule has 1 fully saturated rings. The van der Waals surface area contributed by atoms with Crippen molar-refractivity contribution in [2.45, 2.75) is 19.3 Å². The molecule has 0 saturated carbocycles. The van der Waals surface area contributed by atoms with E-state index in [1.807, 2.05) is 0 Å². The zero-order chi connectivity index (χ0) is 16.9. The second kappa shape index (κ2) is 7.25. The number of amides is 1. The van der Waals surface area contributed by atoms with E-state index >= 15 is 0 Å². The lowest BCUT2D eigenvalue weighted by molar-refractivity contribution is -0.126. The summed E-state index contributed by atoms with van der Waals surface area (Å²) in [6.07, 6.45) is 6.28. The average molecular weight is 326 g/mol. The Morgan fingerprint density at radius 2 is 1.71 bits per heavy atom. The van der Waals surface area contributed by atoms with Gasteiger partial charge in [0.05, 0.1) is 0 Å². The van der Waals surface area contributed by atoms with Crippen LogP contribution in [-0.4, -0.2) is 28.5 Å². The number of aromatic nitrogens is 1. The predicted octanol–water partition coefficient (Wildman–Crippen LogP) is 3.00. The third-order valence-corrected chi connectivity index (χ3v) is 4.12. The first kappa shape index (κ1) is 16.2. The molecular weight excluding hydrogens is 307 g/mol. The second-order valence-electron chi connectivity index (χ2n) is 5.84. The van der Waals surface area contributed by atoms with Crippen LogP contribution in [-0.2, 0) is 4.79 Å². The van der Waals surface area contributed by atoms with E-state index in [9.17, 15) is 14.0 Å². The van der Waals surface area contributed by atoms with Gasteiger partial charge in [0.2, 0.25) is 0 Å². The van der Waals surface area contributed by atoms with Crippen LogP contribution in [0.2, 0.25) is 0 Å². The minimum absolute atomic E-state index is 0.174. The molecule has 0 bridgehead atoms. The van der Waals surface area contributed by atoms with E-state index < -0.39 is 0 Å². The maximum atomic E-state index is 13.1. The fourth-order valence-corrected chi connectivity index (χ4v) is 2.84. The number of nitrogens with zero attached hydrogens (tertiary/aromatic N) is 2. The SMILES string of the molecule is O=C(C(=Cc1ccc(F)cc1)n1ccccc1=O)N1CCCCC1. The van der Waals surface area contributed by atoms with Crippen LogP contribution in [0.3, 0.4) is 0 Å². The highest BCUT2D eigenvalue weighted by atomic mass is 19.1. The summed E-state index contributed by atoms with van der Waals surface area (Å²) in [6, 6.07) is 10.6. The van der Waals surface area contributed by atoms with Crippen molar-refractivity contribution in [2.75, 3.05) is 13.1 Å². The Balaban J connectivity index is 2.03. The second-order valence-corrected chi connectivity index (χ2v) is 5.84. The van der Waals surface area contributed by atoms with Gasteiger partial charge in [-0.2, -0.15) is 0 Å². The largest absolute Gasteiger partial charge is 0.337 e. The Morgan fingerprint density at radius 1 is 1.00 bits per heavy atom. The number of halogens is 1. The van der Waals surface area contributed by atoms with E-state index in [1.54, 1.807) is 41.4 Å². The molecule has 0 aliphatic carbocycles. The van der Waals surface area contributed by atoms with E-state index in [2.05, 4.69) is 0 Å². The number of hydrogen-bond acceptors (Lipinski definition) is 2. The molecule has 0 N–H and O–H groups in total. The lowest BCUT2D eigenvalue weighted by atomic mass is 10.1. The molecule has 1 amide bonds. The first-order chi connectivity index (χ1) is 11.6. The minimum atomic E-state index is -0.340. The number of rotatable bonds is 3. The number of piperidine rings is 1. The van der Waals surface area contributed by atoms with Gasteiger partial charge in [0.25, 0.3) is 11.5 Å². The number of carbonyl (C=O) groups is 1. The Kier molecular flexibility index (Phi) is 4.89. The minimum Gasteiger partial charge on any atom is -0.337 e. The van der Waals surface area contributed by atoms with Crippen LogP contribution in [0, 0.1) is 5.82 Å². The summed E-state index contributed by atoms with van der Waals surface area (Å²) < 4.78 is 14.5.